The third-order valence-electron chi connectivity index (χ3n) is 2.79. The number of amides is 1. The molecule has 0 aliphatic heterocycles. The van der Waals surface area contributed by atoms with Gasteiger partial charge in [-0.05, 0) is 19.9 Å². The Kier molecular flexibility index (Phi) is 5.65. The molecule has 2 heterocycles. The topological polar surface area (TPSA) is 76.1 Å². The van der Waals surface area contributed by atoms with Gasteiger partial charge in [-0.1, -0.05) is 6.07 Å². The number of carbonyl (C=O) groups excluding carboxylic acids is 1. The third-order valence-corrected chi connectivity index (χ3v) is 3.47. The first-order valence-corrected chi connectivity index (χ1v) is 7.59. The van der Waals surface area contributed by atoms with E-state index in [0.29, 0.717) is 24.2 Å². The Morgan fingerprint density at radius 3 is 3.00 bits per heavy atom. The summed E-state index contributed by atoms with van der Waals surface area (Å²) in [6.45, 7) is 4.79. The zero-order valence-electron chi connectivity index (χ0n) is 12.0. The zero-order chi connectivity index (χ0) is 15.1. The van der Waals surface area contributed by atoms with Gasteiger partial charge < -0.3 is 15.4 Å². The van der Waals surface area contributed by atoms with Crippen LogP contribution in [0.25, 0.3) is 0 Å². The maximum absolute atomic E-state index is 12.0. The number of ether oxygens (including phenoxy) is 1. The minimum Gasteiger partial charge on any atom is -0.478 e. The Bertz CT molecular complexity index is 574. The molecule has 0 aliphatic rings. The lowest BCUT2D eigenvalue weighted by atomic mass is 10.2. The van der Waals surface area contributed by atoms with Crippen LogP contribution in [-0.2, 0) is 11.3 Å². The molecule has 0 spiro atoms. The van der Waals surface area contributed by atoms with Crippen molar-refractivity contribution in [2.75, 3.05) is 11.9 Å². The van der Waals surface area contributed by atoms with Gasteiger partial charge in [-0.25, -0.2) is 9.97 Å². The van der Waals surface area contributed by atoms with E-state index in [1.165, 1.54) is 11.3 Å². The van der Waals surface area contributed by atoms with Crippen LogP contribution in [0, 0.1) is 0 Å². The number of hydrogen-bond acceptors (Lipinski definition) is 6. The summed E-state index contributed by atoms with van der Waals surface area (Å²) < 4.78 is 5.46. The first kappa shape index (κ1) is 15.4. The SMILES string of the molecule is CCOc1ncccc1CN[C@@H](C)C(=O)Nc1nccs1. The molecule has 2 rings (SSSR count). The van der Waals surface area contributed by atoms with Gasteiger partial charge in [0.05, 0.1) is 12.6 Å². The molecule has 7 heteroatoms. The van der Waals surface area contributed by atoms with Crippen LogP contribution in [0.5, 0.6) is 5.88 Å². The largest absolute Gasteiger partial charge is 0.478 e. The first-order chi connectivity index (χ1) is 10.2. The summed E-state index contributed by atoms with van der Waals surface area (Å²) in [5.74, 6) is 0.479. The Morgan fingerprint density at radius 2 is 2.29 bits per heavy atom. The lowest BCUT2D eigenvalue weighted by Crippen LogP contribution is -2.37. The fourth-order valence-electron chi connectivity index (χ4n) is 1.68. The third kappa shape index (κ3) is 4.51. The second-order valence-corrected chi connectivity index (χ2v) is 5.22. The molecule has 21 heavy (non-hydrogen) atoms. The fourth-order valence-corrected chi connectivity index (χ4v) is 2.21. The summed E-state index contributed by atoms with van der Waals surface area (Å²) in [7, 11) is 0. The van der Waals surface area contributed by atoms with Crippen LogP contribution >= 0.6 is 11.3 Å². The number of nitrogens with zero attached hydrogens (tertiary/aromatic N) is 2. The van der Waals surface area contributed by atoms with Crippen molar-refractivity contribution in [1.82, 2.24) is 15.3 Å². The van der Waals surface area contributed by atoms with Gasteiger partial charge in [-0.2, -0.15) is 0 Å². The number of anilines is 1. The highest BCUT2D eigenvalue weighted by Gasteiger charge is 2.14. The number of nitrogens with one attached hydrogen (secondary N) is 2. The molecule has 0 unspecified atom stereocenters. The quantitative estimate of drug-likeness (QED) is 0.819. The molecule has 0 radical (unpaired) electrons. The number of hydrogen-bond donors (Lipinski definition) is 2. The highest BCUT2D eigenvalue weighted by atomic mass is 32.1. The van der Waals surface area contributed by atoms with Crippen molar-refractivity contribution in [2.45, 2.75) is 26.4 Å². The van der Waals surface area contributed by atoms with Crippen LogP contribution in [0.2, 0.25) is 0 Å². The lowest BCUT2D eigenvalue weighted by Gasteiger charge is -2.14. The molecule has 2 aromatic rings. The number of thiazole rings is 1. The van der Waals surface area contributed by atoms with E-state index < -0.39 is 0 Å². The van der Waals surface area contributed by atoms with Crippen molar-refractivity contribution < 1.29 is 9.53 Å². The first-order valence-electron chi connectivity index (χ1n) is 6.71. The molecule has 1 amide bonds. The monoisotopic (exact) mass is 306 g/mol. The van der Waals surface area contributed by atoms with Gasteiger partial charge in [0.2, 0.25) is 11.8 Å². The van der Waals surface area contributed by atoms with Gasteiger partial charge in [0.15, 0.2) is 5.13 Å². The Balaban J connectivity index is 1.88. The summed E-state index contributed by atoms with van der Waals surface area (Å²) in [6.07, 6.45) is 3.34. The van der Waals surface area contributed by atoms with Gasteiger partial charge in [-0.15, -0.1) is 11.3 Å². The maximum Gasteiger partial charge on any atom is 0.243 e. The molecule has 0 aliphatic carbocycles. The van der Waals surface area contributed by atoms with Gasteiger partial charge >= 0.3 is 0 Å². The summed E-state index contributed by atoms with van der Waals surface area (Å²) in [5, 5.41) is 8.33. The number of rotatable bonds is 7. The van der Waals surface area contributed by atoms with E-state index in [9.17, 15) is 4.79 Å². The van der Waals surface area contributed by atoms with Crippen LogP contribution < -0.4 is 15.4 Å². The summed E-state index contributed by atoms with van der Waals surface area (Å²) >= 11 is 1.39. The maximum atomic E-state index is 12.0. The molecule has 1 atom stereocenters. The van der Waals surface area contributed by atoms with Crippen molar-refractivity contribution >= 4 is 22.4 Å². The highest BCUT2D eigenvalue weighted by molar-refractivity contribution is 7.13. The average Bonchev–Trinajstić information content (AvgIpc) is 2.99. The molecule has 112 valence electrons. The fraction of sp³-hybridized carbons (Fsp3) is 0.357. The molecule has 0 aromatic carbocycles. The summed E-state index contributed by atoms with van der Waals surface area (Å²) in [5.41, 5.74) is 0.924. The molecule has 0 bridgehead atoms. The summed E-state index contributed by atoms with van der Waals surface area (Å²) in [4.78, 5) is 20.2. The van der Waals surface area contributed by atoms with Crippen molar-refractivity contribution in [2.24, 2.45) is 0 Å². The average molecular weight is 306 g/mol. The minimum atomic E-state index is -0.344. The van der Waals surface area contributed by atoms with E-state index in [-0.39, 0.29) is 11.9 Å². The normalized spacial score (nSPS) is 11.9. The van der Waals surface area contributed by atoms with Crippen LogP contribution in [0.3, 0.4) is 0 Å². The Labute approximate surface area is 127 Å². The van der Waals surface area contributed by atoms with Crippen molar-refractivity contribution in [3.05, 3.63) is 35.5 Å². The molecule has 0 fully saturated rings. The van der Waals surface area contributed by atoms with Crippen molar-refractivity contribution in [1.29, 1.82) is 0 Å². The van der Waals surface area contributed by atoms with E-state index in [0.717, 1.165) is 5.56 Å². The van der Waals surface area contributed by atoms with Gasteiger partial charge in [0.1, 0.15) is 0 Å². The minimum absolute atomic E-state index is 0.119. The van der Waals surface area contributed by atoms with E-state index in [1.54, 1.807) is 19.3 Å². The molecule has 2 aromatic heterocycles. The molecular formula is C14H18N4O2S. The second kappa shape index (κ2) is 7.70. The second-order valence-electron chi connectivity index (χ2n) is 4.33. The molecule has 2 N–H and O–H groups in total. The smallest absolute Gasteiger partial charge is 0.243 e. The Hall–Kier alpha value is -1.99. The van der Waals surface area contributed by atoms with Crippen LogP contribution in [0.4, 0.5) is 5.13 Å². The van der Waals surface area contributed by atoms with E-state index in [4.69, 9.17) is 4.74 Å². The lowest BCUT2D eigenvalue weighted by molar-refractivity contribution is -0.117. The van der Waals surface area contributed by atoms with Crippen molar-refractivity contribution in [3.63, 3.8) is 0 Å². The predicted molar refractivity (Wildman–Crippen MR) is 82.5 cm³/mol. The van der Waals surface area contributed by atoms with E-state index in [1.807, 2.05) is 24.4 Å². The number of carbonyl (C=O) groups is 1. The van der Waals surface area contributed by atoms with Crippen molar-refractivity contribution in [3.8, 4) is 5.88 Å². The Morgan fingerprint density at radius 1 is 1.43 bits per heavy atom. The molecule has 6 nitrogen and oxygen atoms in total. The zero-order valence-corrected chi connectivity index (χ0v) is 12.8. The molecular weight excluding hydrogens is 288 g/mol. The molecule has 0 saturated carbocycles. The number of aromatic nitrogens is 2. The summed E-state index contributed by atoms with van der Waals surface area (Å²) in [6, 6.07) is 3.43. The van der Waals surface area contributed by atoms with Gasteiger partial charge in [0.25, 0.3) is 0 Å². The molecule has 0 saturated heterocycles. The predicted octanol–water partition coefficient (Wildman–Crippen LogP) is 2.05. The van der Waals surface area contributed by atoms with E-state index >= 15 is 0 Å². The van der Waals surface area contributed by atoms with Gasteiger partial charge in [0, 0.05) is 29.9 Å². The van der Waals surface area contributed by atoms with Crippen LogP contribution in [0.15, 0.2) is 29.9 Å². The van der Waals surface area contributed by atoms with Crippen LogP contribution in [-0.4, -0.2) is 28.5 Å². The number of pyridine rings is 1. The van der Waals surface area contributed by atoms with Crippen LogP contribution in [0.1, 0.15) is 19.4 Å². The highest BCUT2D eigenvalue weighted by Crippen LogP contribution is 2.14. The van der Waals surface area contributed by atoms with Gasteiger partial charge in [-0.3, -0.25) is 4.79 Å². The van der Waals surface area contributed by atoms with E-state index in [2.05, 4.69) is 20.6 Å². The standard InChI is InChI=1S/C14H18N4O2S/c1-3-20-13-11(5-4-6-15-13)9-17-10(2)12(19)18-14-16-7-8-21-14/h4-8,10,17H,3,9H2,1-2H3,(H,16,18,19)/t10-/m0/s1.